The van der Waals surface area contributed by atoms with Gasteiger partial charge in [-0.2, -0.15) is 62.7 Å². The van der Waals surface area contributed by atoms with Crippen LogP contribution in [0.5, 0.6) is 12.0 Å². The van der Waals surface area contributed by atoms with Gasteiger partial charge in [-0.15, -0.1) is 4.98 Å². The number of nitrogens with one attached hydrogen (secondary N) is 1. The fourth-order valence-electron chi connectivity index (χ4n) is 2.17. The maximum Gasteiger partial charge on any atom is 0.434 e. The predicted octanol–water partition coefficient (Wildman–Crippen LogP) is 5.27. The monoisotopic (exact) mass is 549 g/mol. The standard InChI is InChI=1S/C15H7F12N5O4/c16-12(17,18)7(13(19,20)21)35-10-29-9(28-5-2-1-3-6(4-5)32(33)34)30-11(31-10)36-8(14(22,23)24)15(25,26)27/h1-4,7-8H,(H,28,29,30,31). The van der Waals surface area contributed by atoms with Crippen molar-refractivity contribution in [2.75, 3.05) is 5.32 Å². The van der Waals surface area contributed by atoms with Crippen LogP contribution in [0.4, 0.5) is 70.0 Å². The van der Waals surface area contributed by atoms with E-state index in [1.165, 1.54) is 0 Å². The fraction of sp³-hybridized carbons (Fsp3) is 0.400. The number of benzene rings is 1. The van der Waals surface area contributed by atoms with Gasteiger partial charge in [0, 0.05) is 17.8 Å². The molecule has 0 saturated heterocycles. The number of alkyl halides is 12. The van der Waals surface area contributed by atoms with Gasteiger partial charge in [0.25, 0.3) is 17.9 Å². The summed E-state index contributed by atoms with van der Waals surface area (Å²) in [6, 6.07) is -0.473. The van der Waals surface area contributed by atoms with E-state index in [0.717, 1.165) is 18.2 Å². The van der Waals surface area contributed by atoms with Gasteiger partial charge in [-0.25, -0.2) is 0 Å². The normalized spacial score (nSPS) is 13.2. The van der Waals surface area contributed by atoms with Crippen molar-refractivity contribution in [3.05, 3.63) is 34.4 Å². The lowest BCUT2D eigenvalue weighted by molar-refractivity contribution is -0.384. The van der Waals surface area contributed by atoms with Gasteiger partial charge in [0.1, 0.15) is 0 Å². The van der Waals surface area contributed by atoms with Crippen molar-refractivity contribution < 1.29 is 67.1 Å². The van der Waals surface area contributed by atoms with Crippen LogP contribution in [-0.2, 0) is 0 Å². The first-order chi connectivity index (χ1) is 16.2. The van der Waals surface area contributed by atoms with Crippen molar-refractivity contribution >= 4 is 17.3 Å². The van der Waals surface area contributed by atoms with Crippen molar-refractivity contribution in [1.29, 1.82) is 0 Å². The maximum atomic E-state index is 12.8. The van der Waals surface area contributed by atoms with Crippen LogP contribution >= 0.6 is 0 Å². The molecular formula is C15H7F12N5O4. The molecular weight excluding hydrogens is 542 g/mol. The van der Waals surface area contributed by atoms with E-state index >= 15 is 0 Å². The highest BCUT2D eigenvalue weighted by Crippen LogP contribution is 2.38. The number of halogens is 12. The molecule has 0 atom stereocenters. The molecule has 36 heavy (non-hydrogen) atoms. The van der Waals surface area contributed by atoms with Crippen LogP contribution in [0.3, 0.4) is 0 Å². The molecule has 21 heteroatoms. The summed E-state index contributed by atoms with van der Waals surface area (Å²) >= 11 is 0. The van der Waals surface area contributed by atoms with Gasteiger partial charge in [-0.1, -0.05) is 6.07 Å². The minimum absolute atomic E-state index is 0.418. The Hall–Kier alpha value is -3.81. The van der Waals surface area contributed by atoms with Crippen molar-refractivity contribution in [3.8, 4) is 12.0 Å². The minimum Gasteiger partial charge on any atom is -0.440 e. The van der Waals surface area contributed by atoms with Crippen molar-refractivity contribution in [2.45, 2.75) is 36.9 Å². The van der Waals surface area contributed by atoms with Gasteiger partial charge < -0.3 is 14.8 Å². The molecule has 0 saturated carbocycles. The quantitative estimate of drug-likeness (QED) is 0.283. The molecule has 0 spiro atoms. The number of rotatable bonds is 7. The summed E-state index contributed by atoms with van der Waals surface area (Å²) in [5, 5.41) is 12.7. The largest absolute Gasteiger partial charge is 0.440 e. The zero-order valence-electron chi connectivity index (χ0n) is 16.4. The van der Waals surface area contributed by atoms with Crippen LogP contribution in [0.25, 0.3) is 0 Å². The third-order valence-corrected chi connectivity index (χ3v) is 3.54. The van der Waals surface area contributed by atoms with Gasteiger partial charge >= 0.3 is 36.7 Å². The molecule has 2 aromatic rings. The van der Waals surface area contributed by atoms with E-state index in [1.54, 1.807) is 0 Å². The molecule has 1 aromatic carbocycles. The highest BCUT2D eigenvalue weighted by molar-refractivity contribution is 5.57. The van der Waals surface area contributed by atoms with E-state index in [2.05, 4.69) is 24.4 Å². The molecule has 0 radical (unpaired) electrons. The molecule has 0 bridgehead atoms. The summed E-state index contributed by atoms with van der Waals surface area (Å²) in [5.41, 5.74) is -1.05. The second-order valence-electron chi connectivity index (χ2n) is 6.32. The number of nitrogens with zero attached hydrogens (tertiary/aromatic N) is 4. The topological polar surface area (TPSA) is 112 Å². The molecule has 200 valence electrons. The SMILES string of the molecule is O=[N+]([O-])c1cccc(Nc2nc(OC(C(F)(F)F)C(F)(F)F)nc(OC(C(F)(F)F)C(F)(F)F)n2)c1. The van der Waals surface area contributed by atoms with Crippen molar-refractivity contribution in [2.24, 2.45) is 0 Å². The van der Waals surface area contributed by atoms with Crippen LogP contribution in [-0.4, -0.2) is 56.8 Å². The zero-order chi connectivity index (χ0) is 27.7. The molecule has 0 aliphatic heterocycles. The molecule has 1 aromatic heterocycles. The van der Waals surface area contributed by atoms with E-state index < -0.39 is 71.2 Å². The Morgan fingerprint density at radius 2 is 1.17 bits per heavy atom. The van der Waals surface area contributed by atoms with Gasteiger partial charge in [0.2, 0.25) is 5.95 Å². The lowest BCUT2D eigenvalue weighted by Gasteiger charge is -2.24. The Kier molecular flexibility index (Phi) is 7.64. The average Bonchev–Trinajstić information content (AvgIpc) is 2.67. The Balaban J connectivity index is 2.57. The molecule has 0 unspecified atom stereocenters. The maximum absolute atomic E-state index is 12.8. The lowest BCUT2D eigenvalue weighted by Crippen LogP contribution is -2.47. The van der Waals surface area contributed by atoms with Crippen molar-refractivity contribution in [3.63, 3.8) is 0 Å². The Bertz CT molecular complexity index is 1010. The molecule has 2 rings (SSSR count). The smallest absolute Gasteiger partial charge is 0.434 e. The van der Waals surface area contributed by atoms with Gasteiger partial charge in [0.05, 0.1) is 4.92 Å². The third-order valence-electron chi connectivity index (χ3n) is 3.54. The molecule has 0 aliphatic carbocycles. The second kappa shape index (κ2) is 9.68. The molecule has 0 amide bonds. The zero-order valence-corrected chi connectivity index (χ0v) is 16.4. The second-order valence-corrected chi connectivity index (χ2v) is 6.32. The summed E-state index contributed by atoms with van der Waals surface area (Å²) in [4.78, 5) is 18.3. The molecule has 1 heterocycles. The number of hydrogen-bond donors (Lipinski definition) is 1. The van der Waals surface area contributed by atoms with E-state index in [1.807, 2.05) is 5.32 Å². The van der Waals surface area contributed by atoms with Crippen LogP contribution in [0.2, 0.25) is 0 Å². The summed E-state index contributed by atoms with van der Waals surface area (Å²) in [6.07, 6.45) is -34.0. The number of nitro benzene ring substituents is 1. The first-order valence-electron chi connectivity index (χ1n) is 8.55. The summed E-state index contributed by atoms with van der Waals surface area (Å²) in [6.45, 7) is 0. The number of hydrogen-bond acceptors (Lipinski definition) is 8. The Morgan fingerprint density at radius 1 is 0.750 bits per heavy atom. The summed E-state index contributed by atoms with van der Waals surface area (Å²) in [7, 11) is 0. The number of aromatic nitrogens is 3. The highest BCUT2D eigenvalue weighted by atomic mass is 19.4. The number of non-ortho nitro benzene ring substituents is 1. The molecule has 0 aliphatic rings. The van der Waals surface area contributed by atoms with Crippen LogP contribution < -0.4 is 14.8 Å². The first kappa shape index (κ1) is 28.4. The molecule has 0 fully saturated rings. The molecule has 1 N–H and O–H groups in total. The van der Waals surface area contributed by atoms with E-state index in [0.29, 0.717) is 6.07 Å². The Morgan fingerprint density at radius 3 is 1.53 bits per heavy atom. The minimum atomic E-state index is -6.18. The number of ether oxygens (including phenoxy) is 2. The van der Waals surface area contributed by atoms with E-state index in [-0.39, 0.29) is 0 Å². The highest BCUT2D eigenvalue weighted by Gasteiger charge is 2.61. The van der Waals surface area contributed by atoms with E-state index in [4.69, 9.17) is 0 Å². The van der Waals surface area contributed by atoms with Crippen LogP contribution in [0.1, 0.15) is 0 Å². The third kappa shape index (κ3) is 7.60. The summed E-state index contributed by atoms with van der Waals surface area (Å²) < 4.78 is 160. The van der Waals surface area contributed by atoms with Gasteiger partial charge in [0.15, 0.2) is 0 Å². The average molecular weight is 549 g/mol. The van der Waals surface area contributed by atoms with Crippen LogP contribution in [0.15, 0.2) is 24.3 Å². The van der Waals surface area contributed by atoms with Crippen molar-refractivity contribution in [1.82, 2.24) is 15.0 Å². The van der Waals surface area contributed by atoms with Gasteiger partial charge in [-0.3, -0.25) is 10.1 Å². The van der Waals surface area contributed by atoms with Crippen LogP contribution in [0, 0.1) is 10.1 Å². The summed E-state index contributed by atoms with van der Waals surface area (Å²) in [5.74, 6) is -1.29. The van der Waals surface area contributed by atoms with Gasteiger partial charge in [-0.05, 0) is 6.07 Å². The number of nitro groups is 1. The number of anilines is 2. The lowest BCUT2D eigenvalue weighted by atomic mass is 10.3. The molecule has 9 nitrogen and oxygen atoms in total. The fourth-order valence-corrected chi connectivity index (χ4v) is 2.17. The first-order valence-corrected chi connectivity index (χ1v) is 8.55. The Labute approximate surface area is 189 Å². The predicted molar refractivity (Wildman–Crippen MR) is 89.3 cm³/mol. The van der Waals surface area contributed by atoms with E-state index in [9.17, 15) is 62.8 Å².